The largest absolute Gasteiger partial charge is 0.479 e. The van der Waals surface area contributed by atoms with Crippen LogP contribution in [0.1, 0.15) is 30.2 Å². The Balaban J connectivity index is 1.48. The molecule has 32 heavy (non-hydrogen) atoms. The predicted molar refractivity (Wildman–Crippen MR) is 121 cm³/mol. The van der Waals surface area contributed by atoms with E-state index in [0.717, 1.165) is 15.1 Å². The average molecular weight is 446 g/mol. The summed E-state index contributed by atoms with van der Waals surface area (Å²) in [6.07, 6.45) is -0.602. The van der Waals surface area contributed by atoms with Crippen molar-refractivity contribution in [3.05, 3.63) is 70.5 Å². The number of Topliss-reactive ketones (excluding diaryl/α,β-unsaturated/α-hetero) is 1. The third kappa shape index (κ3) is 3.36. The molecule has 0 saturated heterocycles. The Bertz CT molecular complexity index is 1430. The first kappa shape index (κ1) is 20.1. The van der Waals surface area contributed by atoms with Crippen LogP contribution in [0.15, 0.2) is 59.4 Å². The fourth-order valence-corrected chi connectivity index (χ4v) is 4.55. The molecule has 0 radical (unpaired) electrons. The number of hydrogen-bond acceptors (Lipinski definition) is 7. The van der Waals surface area contributed by atoms with Crippen LogP contribution >= 0.6 is 11.3 Å². The van der Waals surface area contributed by atoms with Crippen molar-refractivity contribution in [1.29, 1.82) is 0 Å². The van der Waals surface area contributed by atoms with E-state index in [1.165, 1.54) is 11.3 Å². The summed E-state index contributed by atoms with van der Waals surface area (Å²) in [5.41, 5.74) is 1.36. The third-order valence-corrected chi connectivity index (χ3v) is 6.45. The monoisotopic (exact) mass is 446 g/mol. The Morgan fingerprint density at radius 1 is 1.16 bits per heavy atom. The number of anilines is 1. The number of nitrogens with zero attached hydrogens (tertiary/aromatic N) is 3. The minimum absolute atomic E-state index is 0.283. The summed E-state index contributed by atoms with van der Waals surface area (Å²) < 4.78 is 6.63. The van der Waals surface area contributed by atoms with Gasteiger partial charge in [-0.05, 0) is 43.7 Å². The lowest BCUT2D eigenvalue weighted by Crippen LogP contribution is -2.34. The average Bonchev–Trinajstić information content (AvgIpc) is 3.25. The number of hydrogen-bond donors (Lipinski definition) is 1. The van der Waals surface area contributed by atoms with Gasteiger partial charge in [-0.15, -0.1) is 16.4 Å². The van der Waals surface area contributed by atoms with Crippen LogP contribution in [-0.2, 0) is 4.79 Å². The molecule has 4 aromatic rings. The highest BCUT2D eigenvalue weighted by Crippen LogP contribution is 2.32. The lowest BCUT2D eigenvalue weighted by molar-refractivity contribution is -0.122. The van der Waals surface area contributed by atoms with Gasteiger partial charge in [-0.25, -0.2) is 0 Å². The minimum atomic E-state index is -0.878. The molecule has 1 amide bonds. The highest BCUT2D eigenvalue weighted by molar-refractivity contribution is 7.21. The molecule has 0 saturated carbocycles. The van der Waals surface area contributed by atoms with E-state index in [4.69, 9.17) is 4.74 Å². The number of carbonyl (C=O) groups is 2. The lowest BCUT2D eigenvalue weighted by atomic mass is 10.0. The molecule has 1 aliphatic heterocycles. The molecule has 2 aromatic carbocycles. The quantitative estimate of drug-likeness (QED) is 0.480. The second-order valence-corrected chi connectivity index (χ2v) is 8.57. The van der Waals surface area contributed by atoms with Crippen LogP contribution in [0.4, 0.5) is 5.69 Å². The van der Waals surface area contributed by atoms with E-state index in [1.54, 1.807) is 38.1 Å². The first-order chi connectivity index (χ1) is 15.4. The van der Waals surface area contributed by atoms with E-state index in [9.17, 15) is 14.4 Å². The van der Waals surface area contributed by atoms with Gasteiger partial charge in [-0.2, -0.15) is 4.68 Å². The van der Waals surface area contributed by atoms with Gasteiger partial charge in [0.2, 0.25) is 0 Å². The Morgan fingerprint density at radius 2 is 1.94 bits per heavy atom. The van der Waals surface area contributed by atoms with E-state index in [-0.39, 0.29) is 17.2 Å². The van der Waals surface area contributed by atoms with Gasteiger partial charge in [0, 0.05) is 10.4 Å². The van der Waals surface area contributed by atoms with E-state index in [0.29, 0.717) is 27.2 Å². The van der Waals surface area contributed by atoms with Crippen molar-refractivity contribution in [3.8, 4) is 16.2 Å². The summed E-state index contributed by atoms with van der Waals surface area (Å²) in [4.78, 5) is 39.5. The molecule has 0 fully saturated rings. The molecule has 2 unspecified atom stereocenters. The molecule has 160 valence electrons. The number of carbonyl (C=O) groups excluding carboxylic acids is 2. The molecule has 1 aliphatic rings. The van der Waals surface area contributed by atoms with Crippen LogP contribution in [0.3, 0.4) is 0 Å². The molecular formula is C23H18N4O4S. The van der Waals surface area contributed by atoms with Gasteiger partial charge in [-0.3, -0.25) is 14.4 Å². The van der Waals surface area contributed by atoms with Gasteiger partial charge >= 0.3 is 0 Å². The first-order valence-corrected chi connectivity index (χ1v) is 10.8. The molecule has 8 nitrogen and oxygen atoms in total. The summed E-state index contributed by atoms with van der Waals surface area (Å²) in [5, 5.41) is 11.3. The highest BCUT2D eigenvalue weighted by atomic mass is 32.1. The van der Waals surface area contributed by atoms with Gasteiger partial charge in [0.05, 0.1) is 11.1 Å². The summed E-state index contributed by atoms with van der Waals surface area (Å²) >= 11 is 1.38. The molecule has 0 spiro atoms. The zero-order valence-corrected chi connectivity index (χ0v) is 18.1. The van der Waals surface area contributed by atoms with Crippen molar-refractivity contribution in [1.82, 2.24) is 15.0 Å². The second-order valence-electron chi connectivity index (χ2n) is 7.54. The van der Waals surface area contributed by atoms with Crippen molar-refractivity contribution in [2.24, 2.45) is 0 Å². The SMILES string of the molecule is CC1Oc2ccc(C(=O)C(C)n3nnc4sc(-c5ccccc5)cc4c3=O)cc2NC1=O. The van der Waals surface area contributed by atoms with Gasteiger partial charge in [0.1, 0.15) is 11.8 Å². The molecule has 9 heteroatoms. The number of fused-ring (bicyclic) bond motifs is 2. The minimum Gasteiger partial charge on any atom is -0.479 e. The number of benzene rings is 2. The van der Waals surface area contributed by atoms with Gasteiger partial charge in [0.15, 0.2) is 16.7 Å². The van der Waals surface area contributed by atoms with Crippen LogP contribution in [0.25, 0.3) is 20.7 Å². The Hall–Kier alpha value is -3.85. The van der Waals surface area contributed by atoms with E-state index in [2.05, 4.69) is 15.6 Å². The predicted octanol–water partition coefficient (Wildman–Crippen LogP) is 3.68. The molecule has 2 atom stereocenters. The Kier molecular flexibility index (Phi) is 4.82. The van der Waals surface area contributed by atoms with Gasteiger partial charge < -0.3 is 10.1 Å². The summed E-state index contributed by atoms with van der Waals surface area (Å²) in [6.45, 7) is 3.25. The van der Waals surface area contributed by atoms with Crippen LogP contribution in [-0.4, -0.2) is 32.8 Å². The smallest absolute Gasteiger partial charge is 0.279 e. The lowest BCUT2D eigenvalue weighted by Gasteiger charge is -2.23. The van der Waals surface area contributed by atoms with Crippen molar-refractivity contribution in [2.75, 3.05) is 5.32 Å². The molecule has 3 heterocycles. The number of nitrogens with one attached hydrogen (secondary N) is 1. The Labute approximate surface area is 186 Å². The zero-order chi connectivity index (χ0) is 22.4. The molecular weight excluding hydrogens is 428 g/mol. The maximum absolute atomic E-state index is 13.1. The molecule has 1 N–H and O–H groups in total. The zero-order valence-electron chi connectivity index (χ0n) is 17.2. The summed E-state index contributed by atoms with van der Waals surface area (Å²) in [6, 6.07) is 15.4. The fraction of sp³-hybridized carbons (Fsp3) is 0.174. The van der Waals surface area contributed by atoms with Crippen molar-refractivity contribution in [3.63, 3.8) is 0 Å². The number of ketones is 1. The first-order valence-electron chi connectivity index (χ1n) is 10.0. The number of rotatable bonds is 4. The van der Waals surface area contributed by atoms with Crippen molar-refractivity contribution in [2.45, 2.75) is 26.0 Å². The fourth-order valence-electron chi connectivity index (χ4n) is 3.57. The van der Waals surface area contributed by atoms with E-state index < -0.39 is 12.1 Å². The van der Waals surface area contributed by atoms with Gasteiger partial charge in [0.25, 0.3) is 11.5 Å². The van der Waals surface area contributed by atoms with Crippen molar-refractivity contribution >= 4 is 38.9 Å². The Morgan fingerprint density at radius 3 is 2.72 bits per heavy atom. The van der Waals surface area contributed by atoms with Crippen LogP contribution in [0.5, 0.6) is 5.75 Å². The van der Waals surface area contributed by atoms with Crippen molar-refractivity contribution < 1.29 is 14.3 Å². The number of amides is 1. The standard InChI is InChI=1S/C23H18N4O4S/c1-12(20(28)15-8-9-18-17(10-15)24-21(29)13(2)31-18)27-23(30)16-11-19(32-22(16)25-26-27)14-6-4-3-5-7-14/h3-13H,1-2H3,(H,24,29). The second kappa shape index (κ2) is 7.69. The van der Waals surface area contributed by atoms with E-state index in [1.807, 2.05) is 30.3 Å². The van der Waals surface area contributed by atoms with Crippen LogP contribution < -0.4 is 15.6 Å². The topological polar surface area (TPSA) is 103 Å². The molecule has 0 aliphatic carbocycles. The molecule has 0 bridgehead atoms. The molecule has 5 rings (SSSR count). The van der Waals surface area contributed by atoms with Crippen LogP contribution in [0, 0.1) is 0 Å². The van der Waals surface area contributed by atoms with Gasteiger partial charge in [-0.1, -0.05) is 35.5 Å². The summed E-state index contributed by atoms with van der Waals surface area (Å²) in [5.74, 6) is -0.115. The number of thiophene rings is 1. The number of ether oxygens (including phenoxy) is 1. The highest BCUT2D eigenvalue weighted by Gasteiger charge is 2.26. The summed E-state index contributed by atoms with van der Waals surface area (Å²) in [7, 11) is 0. The maximum atomic E-state index is 13.1. The van der Waals surface area contributed by atoms with Crippen LogP contribution in [0.2, 0.25) is 0 Å². The molecule has 2 aromatic heterocycles. The number of aromatic nitrogens is 3. The normalized spacial score (nSPS) is 16.2. The van der Waals surface area contributed by atoms with E-state index >= 15 is 0 Å². The maximum Gasteiger partial charge on any atom is 0.279 e. The third-order valence-electron chi connectivity index (χ3n) is 5.38.